The molecule has 2 amide bonds. The summed E-state index contributed by atoms with van der Waals surface area (Å²) >= 11 is 1.40. The smallest absolute Gasteiger partial charge is 0.261 e. The lowest BCUT2D eigenvalue weighted by molar-refractivity contribution is -0.132. The lowest BCUT2D eigenvalue weighted by Gasteiger charge is -2.22. The minimum Gasteiger partial charge on any atom is -0.467 e. The van der Waals surface area contributed by atoms with Gasteiger partial charge in [-0.25, -0.2) is 0 Å². The third-order valence-electron chi connectivity index (χ3n) is 3.97. The summed E-state index contributed by atoms with van der Waals surface area (Å²) in [7, 11) is 0. The zero-order valence-electron chi connectivity index (χ0n) is 14.8. The van der Waals surface area contributed by atoms with Crippen LogP contribution >= 0.6 is 11.3 Å². The number of thiophene rings is 1. The maximum atomic E-state index is 12.7. The minimum atomic E-state index is -0.0970. The van der Waals surface area contributed by atoms with Crippen LogP contribution in [0.3, 0.4) is 0 Å². The Hall–Kier alpha value is -2.93. The summed E-state index contributed by atoms with van der Waals surface area (Å²) in [6, 6.07) is 11.1. The molecule has 7 heteroatoms. The SMILES string of the molecule is O=C(NCCCC(=O)N(Cc1cccnc1)Cc1ccco1)c1cccs1. The number of amides is 2. The van der Waals surface area contributed by atoms with E-state index in [-0.39, 0.29) is 11.8 Å². The van der Waals surface area contributed by atoms with Crippen LogP contribution in [0.25, 0.3) is 0 Å². The number of furan rings is 1. The van der Waals surface area contributed by atoms with Gasteiger partial charge >= 0.3 is 0 Å². The van der Waals surface area contributed by atoms with Crippen LogP contribution in [-0.4, -0.2) is 28.2 Å². The van der Waals surface area contributed by atoms with E-state index in [9.17, 15) is 9.59 Å². The highest BCUT2D eigenvalue weighted by Gasteiger charge is 2.16. The van der Waals surface area contributed by atoms with E-state index >= 15 is 0 Å². The number of carbonyl (C=O) groups excluding carboxylic acids is 2. The van der Waals surface area contributed by atoms with Gasteiger partial charge in [-0.15, -0.1) is 11.3 Å². The van der Waals surface area contributed by atoms with Crippen LogP contribution in [0, 0.1) is 0 Å². The molecule has 0 aliphatic rings. The standard InChI is InChI=1S/C20H21N3O3S/c24-19(8-2-10-22-20(25)18-7-4-12-27-18)23(15-17-6-3-11-26-17)14-16-5-1-9-21-13-16/h1,3-7,9,11-13H,2,8,10,14-15H2,(H,22,25). The minimum absolute atomic E-state index is 0.0145. The van der Waals surface area contributed by atoms with E-state index < -0.39 is 0 Å². The number of pyridine rings is 1. The molecule has 3 heterocycles. The van der Waals surface area contributed by atoms with E-state index in [1.807, 2.05) is 35.7 Å². The summed E-state index contributed by atoms with van der Waals surface area (Å²) in [6.07, 6.45) is 5.99. The average molecular weight is 383 g/mol. The van der Waals surface area contributed by atoms with Crippen molar-refractivity contribution in [2.24, 2.45) is 0 Å². The van der Waals surface area contributed by atoms with Gasteiger partial charge in [0, 0.05) is 31.9 Å². The maximum absolute atomic E-state index is 12.7. The first-order chi connectivity index (χ1) is 13.2. The quantitative estimate of drug-likeness (QED) is 0.574. The molecular weight excluding hydrogens is 362 g/mol. The molecule has 1 N–H and O–H groups in total. The molecule has 0 aromatic carbocycles. The van der Waals surface area contributed by atoms with Gasteiger partial charge in [-0.2, -0.15) is 0 Å². The van der Waals surface area contributed by atoms with Gasteiger partial charge in [-0.05, 0) is 41.6 Å². The van der Waals surface area contributed by atoms with E-state index in [2.05, 4.69) is 10.3 Å². The van der Waals surface area contributed by atoms with Crippen LogP contribution in [-0.2, 0) is 17.9 Å². The van der Waals surface area contributed by atoms with Gasteiger partial charge in [0.15, 0.2) is 0 Å². The Morgan fingerprint density at radius 3 is 2.78 bits per heavy atom. The molecule has 27 heavy (non-hydrogen) atoms. The molecule has 0 fully saturated rings. The van der Waals surface area contributed by atoms with E-state index in [4.69, 9.17) is 4.42 Å². The van der Waals surface area contributed by atoms with E-state index in [0.29, 0.717) is 37.4 Å². The normalized spacial score (nSPS) is 10.5. The molecule has 0 radical (unpaired) electrons. The van der Waals surface area contributed by atoms with Crippen molar-refractivity contribution in [1.29, 1.82) is 0 Å². The Balaban J connectivity index is 1.51. The third-order valence-corrected chi connectivity index (χ3v) is 4.84. The molecule has 0 bridgehead atoms. The van der Waals surface area contributed by atoms with Crippen LogP contribution in [0.1, 0.15) is 33.8 Å². The van der Waals surface area contributed by atoms with Crippen molar-refractivity contribution in [3.63, 3.8) is 0 Å². The molecule has 0 atom stereocenters. The Morgan fingerprint density at radius 1 is 1.15 bits per heavy atom. The highest BCUT2D eigenvalue weighted by atomic mass is 32.1. The summed E-state index contributed by atoms with van der Waals surface area (Å²) in [4.78, 5) is 31.2. The fourth-order valence-electron chi connectivity index (χ4n) is 2.63. The zero-order chi connectivity index (χ0) is 18.9. The number of nitrogens with one attached hydrogen (secondary N) is 1. The number of hydrogen-bond donors (Lipinski definition) is 1. The summed E-state index contributed by atoms with van der Waals surface area (Å²) in [5.41, 5.74) is 0.961. The van der Waals surface area contributed by atoms with E-state index in [0.717, 1.165) is 11.3 Å². The Morgan fingerprint density at radius 2 is 2.07 bits per heavy atom. The number of nitrogens with zero attached hydrogens (tertiary/aromatic N) is 2. The predicted molar refractivity (Wildman–Crippen MR) is 103 cm³/mol. The van der Waals surface area contributed by atoms with Crippen molar-refractivity contribution >= 4 is 23.2 Å². The van der Waals surface area contributed by atoms with E-state index in [1.165, 1.54) is 11.3 Å². The summed E-state index contributed by atoms with van der Waals surface area (Å²) in [5.74, 6) is 0.652. The number of carbonyl (C=O) groups is 2. The largest absolute Gasteiger partial charge is 0.467 e. The molecule has 0 spiro atoms. The van der Waals surface area contributed by atoms with Crippen molar-refractivity contribution < 1.29 is 14.0 Å². The van der Waals surface area contributed by atoms with Gasteiger partial charge in [0.1, 0.15) is 5.76 Å². The summed E-state index contributed by atoms with van der Waals surface area (Å²) in [5, 5.41) is 4.71. The van der Waals surface area contributed by atoms with Gasteiger partial charge in [0.2, 0.25) is 5.91 Å². The van der Waals surface area contributed by atoms with Crippen LogP contribution in [0.2, 0.25) is 0 Å². The highest BCUT2D eigenvalue weighted by molar-refractivity contribution is 7.12. The Bertz CT molecular complexity index is 833. The topological polar surface area (TPSA) is 75.4 Å². The van der Waals surface area contributed by atoms with Crippen LogP contribution in [0.4, 0.5) is 0 Å². The molecular formula is C20H21N3O3S. The summed E-state index contributed by atoms with van der Waals surface area (Å²) < 4.78 is 5.38. The molecule has 0 saturated carbocycles. The fraction of sp³-hybridized carbons (Fsp3) is 0.250. The van der Waals surface area contributed by atoms with Crippen molar-refractivity contribution in [2.45, 2.75) is 25.9 Å². The summed E-state index contributed by atoms with van der Waals surface area (Å²) in [6.45, 7) is 1.33. The van der Waals surface area contributed by atoms with Gasteiger partial charge in [0.25, 0.3) is 5.91 Å². The number of aromatic nitrogens is 1. The first-order valence-corrected chi connectivity index (χ1v) is 9.61. The zero-order valence-corrected chi connectivity index (χ0v) is 15.7. The van der Waals surface area contributed by atoms with Gasteiger partial charge in [-0.3, -0.25) is 14.6 Å². The molecule has 3 aromatic heterocycles. The molecule has 3 rings (SSSR count). The average Bonchev–Trinajstić information content (AvgIpc) is 3.39. The second-order valence-electron chi connectivity index (χ2n) is 6.03. The highest BCUT2D eigenvalue weighted by Crippen LogP contribution is 2.12. The molecule has 0 aliphatic heterocycles. The predicted octanol–water partition coefficient (Wildman–Crippen LogP) is 3.48. The molecule has 3 aromatic rings. The third kappa shape index (κ3) is 5.79. The number of hydrogen-bond acceptors (Lipinski definition) is 5. The Kier molecular flexibility index (Phi) is 6.76. The lowest BCUT2D eigenvalue weighted by Crippen LogP contribution is -2.31. The van der Waals surface area contributed by atoms with Crippen molar-refractivity contribution in [3.8, 4) is 0 Å². The number of rotatable bonds is 9. The monoisotopic (exact) mass is 383 g/mol. The molecule has 0 aliphatic carbocycles. The van der Waals surface area contributed by atoms with Crippen LogP contribution in [0.5, 0.6) is 0 Å². The van der Waals surface area contributed by atoms with Crippen LogP contribution in [0.15, 0.2) is 64.9 Å². The van der Waals surface area contributed by atoms with E-state index in [1.54, 1.807) is 29.6 Å². The van der Waals surface area contributed by atoms with Crippen molar-refractivity contribution in [3.05, 3.63) is 76.6 Å². The first kappa shape index (κ1) is 18.8. The van der Waals surface area contributed by atoms with Crippen LogP contribution < -0.4 is 5.32 Å². The van der Waals surface area contributed by atoms with Crippen molar-refractivity contribution in [1.82, 2.24) is 15.2 Å². The van der Waals surface area contributed by atoms with Gasteiger partial charge in [0.05, 0.1) is 17.7 Å². The lowest BCUT2D eigenvalue weighted by atomic mass is 10.2. The second-order valence-corrected chi connectivity index (χ2v) is 6.97. The molecule has 140 valence electrons. The Labute approximate surface area is 161 Å². The first-order valence-electron chi connectivity index (χ1n) is 8.73. The molecule has 6 nitrogen and oxygen atoms in total. The fourth-order valence-corrected chi connectivity index (χ4v) is 3.27. The van der Waals surface area contributed by atoms with Crippen molar-refractivity contribution in [2.75, 3.05) is 6.54 Å². The molecule has 0 saturated heterocycles. The molecule has 0 unspecified atom stereocenters. The van der Waals surface area contributed by atoms with Gasteiger partial charge in [-0.1, -0.05) is 12.1 Å². The van der Waals surface area contributed by atoms with Gasteiger partial charge < -0.3 is 14.6 Å². The second kappa shape index (κ2) is 9.68. The maximum Gasteiger partial charge on any atom is 0.261 e.